The van der Waals surface area contributed by atoms with E-state index in [9.17, 15) is 14.0 Å². The van der Waals surface area contributed by atoms with Gasteiger partial charge in [-0.25, -0.2) is 14.2 Å². The first-order valence-corrected chi connectivity index (χ1v) is 10.3. The zero-order valence-electron chi connectivity index (χ0n) is 15.9. The second kappa shape index (κ2) is 8.91. The quantitative estimate of drug-likeness (QED) is 0.620. The van der Waals surface area contributed by atoms with E-state index in [1.165, 1.54) is 29.5 Å². The van der Waals surface area contributed by atoms with Crippen molar-refractivity contribution in [3.8, 4) is 11.5 Å². The molecule has 2 aromatic carbocycles. The van der Waals surface area contributed by atoms with Gasteiger partial charge in [0.15, 0.2) is 10.9 Å². The number of urea groups is 1. The summed E-state index contributed by atoms with van der Waals surface area (Å²) < 4.78 is 19.5. The van der Waals surface area contributed by atoms with Crippen molar-refractivity contribution in [1.29, 1.82) is 0 Å². The van der Waals surface area contributed by atoms with Gasteiger partial charge in [-0.1, -0.05) is 18.2 Å². The number of amides is 3. The van der Waals surface area contributed by atoms with Crippen molar-refractivity contribution < 1.29 is 18.7 Å². The highest BCUT2D eigenvalue weighted by Gasteiger charge is 2.22. The number of thiazole rings is 1. The van der Waals surface area contributed by atoms with Crippen LogP contribution in [0.5, 0.6) is 11.5 Å². The van der Waals surface area contributed by atoms with Gasteiger partial charge >= 0.3 is 6.03 Å². The maximum atomic E-state index is 13.7. The number of carbonyl (C=O) groups excluding carboxylic acids is 2. The van der Waals surface area contributed by atoms with Gasteiger partial charge in [-0.15, -0.1) is 11.3 Å². The molecular formula is C21H19FN4O3S. The molecule has 4 rings (SSSR count). The molecule has 30 heavy (non-hydrogen) atoms. The van der Waals surface area contributed by atoms with Crippen LogP contribution in [0.3, 0.4) is 0 Å². The third kappa shape index (κ3) is 4.74. The summed E-state index contributed by atoms with van der Waals surface area (Å²) in [6.45, 7) is 1.24. The maximum Gasteiger partial charge on any atom is 0.323 e. The van der Waals surface area contributed by atoms with E-state index < -0.39 is 5.82 Å². The average Bonchev–Trinajstić information content (AvgIpc) is 3.19. The fourth-order valence-corrected chi connectivity index (χ4v) is 3.83. The first-order chi connectivity index (χ1) is 14.6. The van der Waals surface area contributed by atoms with Gasteiger partial charge in [0.1, 0.15) is 11.6 Å². The van der Waals surface area contributed by atoms with Crippen LogP contribution in [0.25, 0.3) is 0 Å². The number of nitrogens with zero attached hydrogens (tertiary/aromatic N) is 2. The minimum atomic E-state index is -0.488. The summed E-state index contributed by atoms with van der Waals surface area (Å²) in [6, 6.07) is 12.8. The van der Waals surface area contributed by atoms with Crippen LogP contribution in [-0.2, 0) is 11.2 Å². The van der Waals surface area contributed by atoms with Crippen LogP contribution < -0.4 is 20.3 Å². The molecule has 0 radical (unpaired) electrons. The van der Waals surface area contributed by atoms with Gasteiger partial charge < -0.3 is 15.4 Å². The predicted molar refractivity (Wildman–Crippen MR) is 113 cm³/mol. The summed E-state index contributed by atoms with van der Waals surface area (Å²) in [7, 11) is 0. The van der Waals surface area contributed by atoms with E-state index in [1.54, 1.807) is 22.4 Å². The monoisotopic (exact) mass is 426 g/mol. The number of hydrogen-bond donors (Lipinski definition) is 2. The van der Waals surface area contributed by atoms with Crippen molar-refractivity contribution in [2.75, 3.05) is 23.3 Å². The van der Waals surface area contributed by atoms with Crippen molar-refractivity contribution in [3.63, 3.8) is 0 Å². The van der Waals surface area contributed by atoms with Crippen LogP contribution >= 0.6 is 11.3 Å². The van der Waals surface area contributed by atoms with E-state index in [0.29, 0.717) is 35.4 Å². The van der Waals surface area contributed by atoms with E-state index in [1.807, 2.05) is 18.2 Å². The molecule has 3 aromatic rings. The molecule has 0 atom stereocenters. The van der Waals surface area contributed by atoms with Crippen molar-refractivity contribution in [2.24, 2.45) is 0 Å². The van der Waals surface area contributed by atoms with Gasteiger partial charge in [0, 0.05) is 24.5 Å². The molecule has 9 heteroatoms. The SMILES string of the molecule is O=C(Cc1csc(N2CCCNC2=O)n1)Nc1cc(F)ccc1Oc1ccccc1. The third-order valence-corrected chi connectivity index (χ3v) is 5.29. The molecule has 1 saturated heterocycles. The Hall–Kier alpha value is -3.46. The van der Waals surface area contributed by atoms with E-state index in [4.69, 9.17) is 4.74 Å². The number of rotatable bonds is 6. The minimum absolute atomic E-state index is 0.00670. The molecule has 2 heterocycles. The number of halogens is 1. The van der Waals surface area contributed by atoms with Crippen molar-refractivity contribution in [1.82, 2.24) is 10.3 Å². The molecule has 0 saturated carbocycles. The Balaban J connectivity index is 1.44. The number of ether oxygens (including phenoxy) is 1. The second-order valence-electron chi connectivity index (χ2n) is 6.64. The lowest BCUT2D eigenvalue weighted by molar-refractivity contribution is -0.115. The number of hydrogen-bond acceptors (Lipinski definition) is 5. The summed E-state index contributed by atoms with van der Waals surface area (Å²) in [5.41, 5.74) is 0.766. The molecule has 3 amide bonds. The number of carbonyl (C=O) groups is 2. The number of nitrogens with one attached hydrogen (secondary N) is 2. The molecule has 1 aliphatic heterocycles. The summed E-state index contributed by atoms with van der Waals surface area (Å²) >= 11 is 1.30. The Morgan fingerprint density at radius 2 is 2.10 bits per heavy atom. The molecule has 154 valence electrons. The van der Waals surface area contributed by atoms with E-state index in [2.05, 4.69) is 15.6 Å². The summed E-state index contributed by atoms with van der Waals surface area (Å²) in [5, 5.41) is 7.74. The van der Waals surface area contributed by atoms with Crippen LogP contribution in [-0.4, -0.2) is 30.0 Å². The van der Waals surface area contributed by atoms with Crippen LogP contribution in [0.4, 0.5) is 20.0 Å². The highest BCUT2D eigenvalue weighted by Crippen LogP contribution is 2.30. The van der Waals surface area contributed by atoms with Crippen LogP contribution in [0.2, 0.25) is 0 Å². The summed E-state index contributed by atoms with van der Waals surface area (Å²) in [4.78, 5) is 30.4. The van der Waals surface area contributed by atoms with E-state index in [-0.39, 0.29) is 24.0 Å². The number of anilines is 2. The fraction of sp³-hybridized carbons (Fsp3) is 0.190. The number of aromatic nitrogens is 1. The zero-order chi connectivity index (χ0) is 20.9. The predicted octanol–water partition coefficient (Wildman–Crippen LogP) is 4.18. The van der Waals surface area contributed by atoms with E-state index >= 15 is 0 Å². The van der Waals surface area contributed by atoms with Crippen molar-refractivity contribution >= 4 is 34.1 Å². The molecule has 2 N–H and O–H groups in total. The van der Waals surface area contributed by atoms with Gasteiger partial charge in [0.2, 0.25) is 5.91 Å². The Labute approximate surface area is 176 Å². The molecule has 1 fully saturated rings. The van der Waals surface area contributed by atoms with Crippen molar-refractivity contribution in [2.45, 2.75) is 12.8 Å². The fourth-order valence-electron chi connectivity index (χ4n) is 2.98. The largest absolute Gasteiger partial charge is 0.455 e. The molecule has 0 spiro atoms. The minimum Gasteiger partial charge on any atom is -0.455 e. The summed E-state index contributed by atoms with van der Waals surface area (Å²) in [5.74, 6) is 0.0553. The van der Waals surface area contributed by atoms with Gasteiger partial charge in [-0.05, 0) is 30.7 Å². The average molecular weight is 426 g/mol. The smallest absolute Gasteiger partial charge is 0.323 e. The second-order valence-corrected chi connectivity index (χ2v) is 7.48. The standard InChI is InChI=1S/C21H19FN4O3S/c22-14-7-8-18(29-16-5-2-1-3-6-16)17(11-14)25-19(27)12-15-13-30-21(24-15)26-10-4-9-23-20(26)28/h1-3,5-8,11,13H,4,9-10,12H2,(H,23,28)(H,25,27). The highest BCUT2D eigenvalue weighted by atomic mass is 32.1. The molecule has 0 bridgehead atoms. The Morgan fingerprint density at radius 3 is 2.90 bits per heavy atom. The highest BCUT2D eigenvalue weighted by molar-refractivity contribution is 7.14. The van der Waals surface area contributed by atoms with Crippen LogP contribution in [0, 0.1) is 5.82 Å². The molecule has 1 aliphatic rings. The van der Waals surface area contributed by atoms with Crippen LogP contribution in [0.1, 0.15) is 12.1 Å². The lowest BCUT2D eigenvalue weighted by Crippen LogP contribution is -2.46. The zero-order valence-corrected chi connectivity index (χ0v) is 16.7. The van der Waals surface area contributed by atoms with Crippen molar-refractivity contribution in [3.05, 3.63) is 65.4 Å². The Morgan fingerprint density at radius 1 is 1.27 bits per heavy atom. The Kier molecular flexibility index (Phi) is 5.89. The first-order valence-electron chi connectivity index (χ1n) is 9.40. The van der Waals surface area contributed by atoms with Gasteiger partial charge in [-0.2, -0.15) is 0 Å². The van der Waals surface area contributed by atoms with Gasteiger partial charge in [-0.3, -0.25) is 9.69 Å². The molecule has 0 unspecified atom stereocenters. The van der Waals surface area contributed by atoms with Gasteiger partial charge in [0.25, 0.3) is 0 Å². The van der Waals surface area contributed by atoms with Gasteiger partial charge in [0.05, 0.1) is 17.8 Å². The molecule has 7 nitrogen and oxygen atoms in total. The summed E-state index contributed by atoms with van der Waals surface area (Å²) in [6.07, 6.45) is 0.831. The topological polar surface area (TPSA) is 83.6 Å². The maximum absolute atomic E-state index is 13.7. The van der Waals surface area contributed by atoms with Crippen LogP contribution in [0.15, 0.2) is 53.9 Å². The normalized spacial score (nSPS) is 13.6. The third-order valence-electron chi connectivity index (χ3n) is 4.38. The number of para-hydroxylation sites is 1. The Bertz CT molecular complexity index is 1060. The first kappa shape index (κ1) is 19.8. The van der Waals surface area contributed by atoms with E-state index in [0.717, 1.165) is 6.42 Å². The lowest BCUT2D eigenvalue weighted by Gasteiger charge is -2.24. The molecular weight excluding hydrogens is 407 g/mol. The molecule has 0 aliphatic carbocycles. The molecule has 1 aromatic heterocycles. The number of benzene rings is 2. The lowest BCUT2D eigenvalue weighted by atomic mass is 10.2.